The maximum absolute atomic E-state index is 13.6. The van der Waals surface area contributed by atoms with Crippen molar-refractivity contribution in [2.75, 3.05) is 38.1 Å². The number of ether oxygens (including phenoxy) is 1. The van der Waals surface area contributed by atoms with Gasteiger partial charge in [0.2, 0.25) is 17.7 Å². The maximum atomic E-state index is 13.6. The minimum absolute atomic E-state index is 0.0153. The zero-order valence-corrected chi connectivity index (χ0v) is 34.2. The number of benzene rings is 2. The van der Waals surface area contributed by atoms with E-state index in [2.05, 4.69) is 34.3 Å². The second-order valence-corrected chi connectivity index (χ2v) is 17.5. The van der Waals surface area contributed by atoms with E-state index in [1.807, 2.05) is 19.1 Å². The Morgan fingerprint density at radius 3 is 2.26 bits per heavy atom. The highest BCUT2D eigenvalue weighted by Crippen LogP contribution is 2.42. The van der Waals surface area contributed by atoms with Crippen molar-refractivity contribution in [3.05, 3.63) is 59.2 Å². The standard InChI is InChI=1S/C41H50F3N7O6S/c1-25-22-48(23-26(2)49(25)24-35(53)46-29-9-7-28(8-10-29)40(5)17-16-34(52)47-36(40)54)18-19-57-31-13-11-30(12-14-31)50-38(56)51(37(55)39(50,3)4)58-32-15-6-27(21-45)33(20-32)41(42,43)44/h6-10,15,20,25-26,30-31H,11-14,16-19,22-24H2,1-5H3,(H,46,53)(H,47,52,54)/t25-,26+,30?,31?,40?. The van der Waals surface area contributed by atoms with Crippen molar-refractivity contribution in [2.45, 2.75) is 119 Å². The van der Waals surface area contributed by atoms with Gasteiger partial charge in [-0.3, -0.25) is 34.3 Å². The Kier molecular flexibility index (Phi) is 12.6. The third-order valence-corrected chi connectivity index (χ3v) is 13.0. The molecule has 58 heavy (non-hydrogen) atoms. The number of rotatable bonds is 11. The molecule has 0 radical (unpaired) electrons. The number of hydrogen-bond acceptors (Lipinski definition) is 10. The fourth-order valence-electron chi connectivity index (χ4n) is 8.63. The van der Waals surface area contributed by atoms with Gasteiger partial charge in [-0.2, -0.15) is 22.7 Å². The summed E-state index contributed by atoms with van der Waals surface area (Å²) in [6.07, 6.45) is -1.48. The van der Waals surface area contributed by atoms with Gasteiger partial charge in [-0.25, -0.2) is 4.79 Å². The van der Waals surface area contributed by atoms with Gasteiger partial charge in [0.25, 0.3) is 5.91 Å². The van der Waals surface area contributed by atoms with Crippen LogP contribution in [0.1, 0.15) is 89.8 Å². The van der Waals surface area contributed by atoms with Crippen LogP contribution in [0, 0.1) is 11.3 Å². The first-order valence-corrected chi connectivity index (χ1v) is 20.4. The van der Waals surface area contributed by atoms with E-state index >= 15 is 0 Å². The SMILES string of the molecule is C[C@@H]1CN(CCOC2CCC(N3C(=O)N(Sc4ccc(C#N)c(C(F)(F)F)c4)C(=O)C3(C)C)CC2)C[C@H](C)N1CC(=O)Nc1ccc(C2(C)CCC(=O)NC2=O)cc1. The number of amides is 6. The molecular formula is C41H50F3N7O6S. The molecule has 2 N–H and O–H groups in total. The van der Waals surface area contributed by atoms with Gasteiger partial charge in [-0.05, 0) is 115 Å². The average Bonchev–Trinajstić information content (AvgIpc) is 3.33. The number of urea groups is 1. The highest BCUT2D eigenvalue weighted by Gasteiger charge is 2.55. The van der Waals surface area contributed by atoms with Gasteiger partial charge < -0.3 is 15.0 Å². The molecule has 1 saturated carbocycles. The smallest absolute Gasteiger partial charge is 0.377 e. The summed E-state index contributed by atoms with van der Waals surface area (Å²) in [7, 11) is 0. The molecule has 13 nitrogen and oxygen atoms in total. The summed E-state index contributed by atoms with van der Waals surface area (Å²) in [4.78, 5) is 70.4. The number of alkyl halides is 3. The number of piperidine rings is 1. The Bertz CT molecular complexity index is 1950. The van der Waals surface area contributed by atoms with E-state index in [0.717, 1.165) is 41.6 Å². The van der Waals surface area contributed by atoms with Crippen LogP contribution in [-0.4, -0.2) is 111 Å². The molecule has 2 aromatic rings. The van der Waals surface area contributed by atoms with Crippen LogP contribution in [-0.2, 0) is 35.5 Å². The molecule has 3 atom stereocenters. The number of anilines is 1. The van der Waals surface area contributed by atoms with E-state index in [0.29, 0.717) is 56.3 Å². The summed E-state index contributed by atoms with van der Waals surface area (Å²) in [6.45, 7) is 12.3. The molecule has 0 bridgehead atoms. The van der Waals surface area contributed by atoms with Crippen LogP contribution in [0.25, 0.3) is 0 Å². The van der Waals surface area contributed by atoms with Crippen LogP contribution in [0.15, 0.2) is 47.4 Å². The first kappa shape index (κ1) is 43.1. The molecule has 6 amide bonds. The Morgan fingerprint density at radius 2 is 1.66 bits per heavy atom. The molecule has 4 aliphatic rings. The van der Waals surface area contributed by atoms with Crippen molar-refractivity contribution in [3.63, 3.8) is 0 Å². The number of halogens is 3. The third-order valence-electron chi connectivity index (χ3n) is 12.0. The molecule has 3 aliphatic heterocycles. The van der Waals surface area contributed by atoms with Crippen LogP contribution in [0.2, 0.25) is 0 Å². The van der Waals surface area contributed by atoms with E-state index in [1.165, 1.54) is 12.1 Å². The number of nitrogens with one attached hydrogen (secondary N) is 2. The number of carbonyl (C=O) groups is 5. The highest BCUT2D eigenvalue weighted by molar-refractivity contribution is 7.98. The summed E-state index contributed by atoms with van der Waals surface area (Å²) >= 11 is 0.633. The number of carbonyl (C=O) groups excluding carboxylic acids is 5. The number of nitriles is 1. The molecule has 6 rings (SSSR count). The minimum atomic E-state index is -4.77. The number of piperazine rings is 1. The van der Waals surface area contributed by atoms with Crippen LogP contribution in [0.5, 0.6) is 0 Å². The lowest BCUT2D eigenvalue weighted by atomic mass is 9.75. The lowest BCUT2D eigenvalue weighted by Gasteiger charge is -2.44. The average molecular weight is 826 g/mol. The first-order chi connectivity index (χ1) is 27.3. The van der Waals surface area contributed by atoms with Gasteiger partial charge in [-0.1, -0.05) is 12.1 Å². The Labute approximate surface area is 340 Å². The van der Waals surface area contributed by atoms with Crippen molar-refractivity contribution in [2.24, 2.45) is 0 Å². The zero-order chi connectivity index (χ0) is 42.2. The fourth-order valence-corrected chi connectivity index (χ4v) is 9.61. The third kappa shape index (κ3) is 9.05. The van der Waals surface area contributed by atoms with E-state index < -0.39 is 40.2 Å². The zero-order valence-electron chi connectivity index (χ0n) is 33.4. The van der Waals surface area contributed by atoms with Crippen molar-refractivity contribution in [1.82, 2.24) is 24.3 Å². The molecule has 3 heterocycles. The molecule has 17 heteroatoms. The van der Waals surface area contributed by atoms with E-state index in [-0.39, 0.29) is 59.8 Å². The predicted octanol–water partition coefficient (Wildman–Crippen LogP) is 5.68. The lowest BCUT2D eigenvalue weighted by molar-refractivity contribution is -0.138. The van der Waals surface area contributed by atoms with Gasteiger partial charge >= 0.3 is 12.2 Å². The number of hydrogen-bond donors (Lipinski definition) is 2. The normalized spacial score (nSPS) is 27.1. The molecular weight excluding hydrogens is 776 g/mol. The molecule has 4 fully saturated rings. The molecule has 1 aliphatic carbocycles. The Balaban J connectivity index is 0.934. The van der Waals surface area contributed by atoms with Gasteiger partial charge in [-0.15, -0.1) is 0 Å². The first-order valence-electron chi connectivity index (χ1n) is 19.6. The number of imide groups is 2. The summed E-state index contributed by atoms with van der Waals surface area (Å²) in [5.74, 6) is -1.23. The Hall–Kier alpha value is -4.50. The molecule has 3 saturated heterocycles. The second kappa shape index (κ2) is 17.0. The van der Waals surface area contributed by atoms with Gasteiger partial charge in [0.05, 0.1) is 41.9 Å². The quantitative estimate of drug-likeness (QED) is 0.164. The van der Waals surface area contributed by atoms with E-state index in [1.54, 1.807) is 30.9 Å². The summed E-state index contributed by atoms with van der Waals surface area (Å²) < 4.78 is 47.9. The molecule has 0 aromatic heterocycles. The van der Waals surface area contributed by atoms with Crippen molar-refractivity contribution >= 4 is 47.3 Å². The van der Waals surface area contributed by atoms with Crippen LogP contribution >= 0.6 is 11.9 Å². The number of nitrogens with zero attached hydrogens (tertiary/aromatic N) is 5. The van der Waals surface area contributed by atoms with Crippen LogP contribution in [0.4, 0.5) is 23.7 Å². The summed E-state index contributed by atoms with van der Waals surface area (Å²) in [6, 6.07) is 11.3. The lowest BCUT2D eigenvalue weighted by Crippen LogP contribution is -2.58. The molecule has 2 aromatic carbocycles. The Morgan fingerprint density at radius 1 is 1.00 bits per heavy atom. The fraction of sp³-hybridized carbons (Fsp3) is 0.561. The van der Waals surface area contributed by atoms with Crippen molar-refractivity contribution in [3.8, 4) is 6.07 Å². The molecule has 0 spiro atoms. The summed E-state index contributed by atoms with van der Waals surface area (Å²) in [5.41, 5.74) is -2.24. The van der Waals surface area contributed by atoms with E-state index in [9.17, 15) is 37.1 Å². The predicted molar refractivity (Wildman–Crippen MR) is 209 cm³/mol. The van der Waals surface area contributed by atoms with Crippen molar-refractivity contribution < 1.29 is 41.9 Å². The van der Waals surface area contributed by atoms with Crippen LogP contribution < -0.4 is 10.6 Å². The van der Waals surface area contributed by atoms with E-state index in [4.69, 9.17) is 10.00 Å². The maximum Gasteiger partial charge on any atom is 0.417 e. The highest BCUT2D eigenvalue weighted by atomic mass is 32.2. The van der Waals surface area contributed by atoms with Crippen molar-refractivity contribution in [1.29, 1.82) is 5.26 Å². The molecule has 312 valence electrons. The topological polar surface area (TPSA) is 155 Å². The minimum Gasteiger partial charge on any atom is -0.377 e. The largest absolute Gasteiger partial charge is 0.417 e. The monoisotopic (exact) mass is 825 g/mol. The second-order valence-electron chi connectivity index (χ2n) is 16.5. The van der Waals surface area contributed by atoms with Gasteiger partial charge in [0.1, 0.15) is 5.54 Å². The van der Waals surface area contributed by atoms with Crippen LogP contribution in [0.3, 0.4) is 0 Å². The van der Waals surface area contributed by atoms with Gasteiger partial charge in [0, 0.05) is 54.8 Å². The summed E-state index contributed by atoms with van der Waals surface area (Å²) in [5, 5.41) is 14.5. The van der Waals surface area contributed by atoms with Gasteiger partial charge in [0.15, 0.2) is 0 Å². The molecule has 1 unspecified atom stereocenters.